The lowest BCUT2D eigenvalue weighted by molar-refractivity contribution is -0.140. The molecule has 1 aliphatic heterocycles. The molecule has 2 aromatic rings. The SMILES string of the molecule is CC1=C(C(=O)OCCOc2ccccc2)C(c2ccc(N(C)C)cc2)NC(=O)N1. The van der Waals surface area contributed by atoms with Crippen LogP contribution in [0, 0.1) is 0 Å². The minimum Gasteiger partial charge on any atom is -0.490 e. The first-order chi connectivity index (χ1) is 14.0. The van der Waals surface area contributed by atoms with E-state index in [0.29, 0.717) is 17.0 Å². The van der Waals surface area contributed by atoms with Gasteiger partial charge in [0.25, 0.3) is 0 Å². The normalized spacial score (nSPS) is 16.0. The summed E-state index contributed by atoms with van der Waals surface area (Å²) in [6.45, 7) is 2.03. The van der Waals surface area contributed by atoms with E-state index < -0.39 is 12.0 Å². The number of benzene rings is 2. The smallest absolute Gasteiger partial charge is 0.338 e. The predicted molar refractivity (Wildman–Crippen MR) is 111 cm³/mol. The summed E-state index contributed by atoms with van der Waals surface area (Å²) in [6.07, 6.45) is 0. The molecule has 1 unspecified atom stereocenters. The minimum absolute atomic E-state index is 0.102. The molecule has 29 heavy (non-hydrogen) atoms. The molecular formula is C22H25N3O4. The fourth-order valence-electron chi connectivity index (χ4n) is 3.07. The van der Waals surface area contributed by atoms with Gasteiger partial charge < -0.3 is 25.0 Å². The van der Waals surface area contributed by atoms with Crippen LogP contribution in [0.3, 0.4) is 0 Å². The largest absolute Gasteiger partial charge is 0.490 e. The van der Waals surface area contributed by atoms with Crippen molar-refractivity contribution in [2.24, 2.45) is 0 Å². The molecule has 0 fully saturated rings. The van der Waals surface area contributed by atoms with Crippen molar-refractivity contribution in [3.05, 3.63) is 71.4 Å². The predicted octanol–water partition coefficient (Wildman–Crippen LogP) is 3.00. The van der Waals surface area contributed by atoms with Crippen molar-refractivity contribution in [2.45, 2.75) is 13.0 Å². The van der Waals surface area contributed by atoms with Crippen LogP contribution in [0.2, 0.25) is 0 Å². The lowest BCUT2D eigenvalue weighted by atomic mass is 9.95. The molecule has 7 heteroatoms. The second kappa shape index (κ2) is 9.14. The third-order valence-corrected chi connectivity index (χ3v) is 4.56. The van der Waals surface area contributed by atoms with Crippen LogP contribution >= 0.6 is 0 Å². The second-order valence-electron chi connectivity index (χ2n) is 6.85. The maximum atomic E-state index is 12.8. The standard InChI is InChI=1S/C22H25N3O4/c1-15-19(21(26)29-14-13-28-18-7-5-4-6-8-18)20(24-22(27)23-15)16-9-11-17(12-10-16)25(2)3/h4-12,20H,13-14H2,1-3H3,(H2,23,24,27). The third-order valence-electron chi connectivity index (χ3n) is 4.56. The lowest BCUT2D eigenvalue weighted by Crippen LogP contribution is -2.45. The van der Waals surface area contributed by atoms with Gasteiger partial charge in [-0.3, -0.25) is 0 Å². The van der Waals surface area contributed by atoms with Gasteiger partial charge >= 0.3 is 12.0 Å². The summed E-state index contributed by atoms with van der Waals surface area (Å²) < 4.78 is 11.0. The summed E-state index contributed by atoms with van der Waals surface area (Å²) in [7, 11) is 3.90. The van der Waals surface area contributed by atoms with Crippen LogP contribution in [0.1, 0.15) is 18.5 Å². The minimum atomic E-state index is -0.581. The molecule has 0 bridgehead atoms. The van der Waals surface area contributed by atoms with E-state index in [4.69, 9.17) is 9.47 Å². The van der Waals surface area contributed by atoms with E-state index in [1.54, 1.807) is 6.92 Å². The summed E-state index contributed by atoms with van der Waals surface area (Å²) in [6, 6.07) is 16.1. The number of anilines is 1. The van der Waals surface area contributed by atoms with Gasteiger partial charge in [0, 0.05) is 25.5 Å². The number of nitrogens with zero attached hydrogens (tertiary/aromatic N) is 1. The summed E-state index contributed by atoms with van der Waals surface area (Å²) >= 11 is 0. The lowest BCUT2D eigenvalue weighted by Gasteiger charge is -2.28. The molecule has 0 saturated heterocycles. The van der Waals surface area contributed by atoms with Crippen LogP contribution in [0.5, 0.6) is 5.75 Å². The highest BCUT2D eigenvalue weighted by Crippen LogP contribution is 2.28. The van der Waals surface area contributed by atoms with Gasteiger partial charge in [0.2, 0.25) is 0 Å². The number of carbonyl (C=O) groups excluding carboxylic acids is 2. The fourth-order valence-corrected chi connectivity index (χ4v) is 3.07. The molecule has 152 valence electrons. The number of ether oxygens (including phenoxy) is 2. The molecule has 0 aromatic heterocycles. The molecule has 1 atom stereocenters. The Morgan fingerprint density at radius 2 is 1.72 bits per heavy atom. The molecule has 1 aliphatic rings. The van der Waals surface area contributed by atoms with E-state index in [-0.39, 0.29) is 19.2 Å². The van der Waals surface area contributed by atoms with Crippen molar-refractivity contribution in [1.82, 2.24) is 10.6 Å². The Bertz CT molecular complexity index is 892. The number of para-hydroxylation sites is 1. The first kappa shape index (κ1) is 20.3. The van der Waals surface area contributed by atoms with Crippen LogP contribution in [0.4, 0.5) is 10.5 Å². The summed E-state index contributed by atoms with van der Waals surface area (Å²) in [5.74, 6) is 0.220. The summed E-state index contributed by atoms with van der Waals surface area (Å²) in [4.78, 5) is 26.7. The van der Waals surface area contributed by atoms with Crippen molar-refractivity contribution in [3.8, 4) is 5.75 Å². The number of hydrogen-bond acceptors (Lipinski definition) is 5. The van der Waals surface area contributed by atoms with E-state index in [1.165, 1.54) is 0 Å². The van der Waals surface area contributed by atoms with E-state index in [0.717, 1.165) is 11.3 Å². The van der Waals surface area contributed by atoms with Crippen LogP contribution in [-0.2, 0) is 9.53 Å². The molecule has 0 radical (unpaired) electrons. The van der Waals surface area contributed by atoms with E-state index in [9.17, 15) is 9.59 Å². The quantitative estimate of drug-likeness (QED) is 0.557. The molecule has 2 amide bonds. The van der Waals surface area contributed by atoms with Gasteiger partial charge in [-0.2, -0.15) is 0 Å². The number of nitrogens with one attached hydrogen (secondary N) is 2. The maximum absolute atomic E-state index is 12.8. The van der Waals surface area contributed by atoms with Gasteiger partial charge in [-0.1, -0.05) is 30.3 Å². The first-order valence-electron chi connectivity index (χ1n) is 9.36. The number of hydrogen-bond donors (Lipinski definition) is 2. The third kappa shape index (κ3) is 5.07. The monoisotopic (exact) mass is 395 g/mol. The van der Waals surface area contributed by atoms with Crippen molar-refractivity contribution in [3.63, 3.8) is 0 Å². The average Bonchev–Trinajstić information content (AvgIpc) is 2.71. The Morgan fingerprint density at radius 3 is 2.38 bits per heavy atom. The number of urea groups is 1. The molecule has 3 rings (SSSR count). The first-order valence-corrected chi connectivity index (χ1v) is 9.36. The second-order valence-corrected chi connectivity index (χ2v) is 6.85. The Labute approximate surface area is 170 Å². The Kier molecular flexibility index (Phi) is 6.39. The van der Waals surface area contributed by atoms with E-state index >= 15 is 0 Å². The van der Waals surface area contributed by atoms with Gasteiger partial charge in [-0.25, -0.2) is 9.59 Å². The van der Waals surface area contributed by atoms with Crippen LogP contribution < -0.4 is 20.3 Å². The Balaban J connectivity index is 1.69. The molecule has 7 nitrogen and oxygen atoms in total. The number of esters is 1. The molecule has 2 aromatic carbocycles. The zero-order valence-electron chi connectivity index (χ0n) is 16.8. The van der Waals surface area contributed by atoms with Crippen molar-refractivity contribution >= 4 is 17.7 Å². The molecular weight excluding hydrogens is 370 g/mol. The van der Waals surface area contributed by atoms with Crippen LogP contribution in [0.25, 0.3) is 0 Å². The molecule has 0 saturated carbocycles. The van der Waals surface area contributed by atoms with Crippen molar-refractivity contribution in [1.29, 1.82) is 0 Å². The Hall–Kier alpha value is -3.48. The van der Waals surface area contributed by atoms with Crippen molar-refractivity contribution < 1.29 is 19.1 Å². The molecule has 0 spiro atoms. The van der Waals surface area contributed by atoms with Gasteiger partial charge in [-0.05, 0) is 36.8 Å². The fraction of sp³-hybridized carbons (Fsp3) is 0.273. The Morgan fingerprint density at radius 1 is 1.03 bits per heavy atom. The number of allylic oxidation sites excluding steroid dienone is 1. The number of amides is 2. The zero-order chi connectivity index (χ0) is 20.8. The average molecular weight is 395 g/mol. The summed E-state index contributed by atoms with van der Waals surface area (Å²) in [5, 5.41) is 5.45. The number of rotatable bonds is 7. The molecule has 0 aliphatic carbocycles. The molecule has 2 N–H and O–H groups in total. The highest BCUT2D eigenvalue weighted by Gasteiger charge is 2.32. The van der Waals surface area contributed by atoms with Gasteiger partial charge in [-0.15, -0.1) is 0 Å². The van der Waals surface area contributed by atoms with Gasteiger partial charge in [0.15, 0.2) is 0 Å². The van der Waals surface area contributed by atoms with Crippen LogP contribution in [0.15, 0.2) is 65.9 Å². The van der Waals surface area contributed by atoms with Gasteiger partial charge in [0.1, 0.15) is 19.0 Å². The molecule has 1 heterocycles. The highest BCUT2D eigenvalue weighted by molar-refractivity contribution is 5.95. The van der Waals surface area contributed by atoms with E-state index in [1.807, 2.05) is 73.6 Å². The van der Waals surface area contributed by atoms with E-state index in [2.05, 4.69) is 10.6 Å². The highest BCUT2D eigenvalue weighted by atomic mass is 16.6. The topological polar surface area (TPSA) is 79.9 Å². The van der Waals surface area contributed by atoms with Crippen LogP contribution in [-0.4, -0.2) is 39.3 Å². The summed E-state index contributed by atoms with van der Waals surface area (Å²) in [5.41, 5.74) is 2.68. The zero-order valence-corrected chi connectivity index (χ0v) is 16.8. The number of carbonyl (C=O) groups is 2. The maximum Gasteiger partial charge on any atom is 0.338 e. The van der Waals surface area contributed by atoms with Gasteiger partial charge in [0.05, 0.1) is 11.6 Å². The van der Waals surface area contributed by atoms with Crippen molar-refractivity contribution in [2.75, 3.05) is 32.2 Å².